The van der Waals surface area contributed by atoms with Crippen LogP contribution in [0.2, 0.25) is 0 Å². The molecule has 102 valence electrons. The van der Waals surface area contributed by atoms with Gasteiger partial charge in [0.25, 0.3) is 0 Å². The van der Waals surface area contributed by atoms with Gasteiger partial charge in [-0.1, -0.05) is 13.0 Å². The predicted molar refractivity (Wildman–Crippen MR) is 70.7 cm³/mol. The molecule has 1 aromatic carbocycles. The molecule has 0 fully saturated rings. The molecule has 0 amide bonds. The molecular weight excluding hydrogens is 234 g/mol. The van der Waals surface area contributed by atoms with Gasteiger partial charge in [0.1, 0.15) is 11.6 Å². The van der Waals surface area contributed by atoms with Crippen molar-refractivity contribution in [2.24, 2.45) is 0 Å². The lowest BCUT2D eigenvalue weighted by Gasteiger charge is -2.20. The Labute approximate surface area is 108 Å². The van der Waals surface area contributed by atoms with Gasteiger partial charge in [0.15, 0.2) is 0 Å². The number of halogens is 2. The lowest BCUT2D eigenvalue weighted by Crippen LogP contribution is -2.38. The summed E-state index contributed by atoms with van der Waals surface area (Å²) >= 11 is 0. The van der Waals surface area contributed by atoms with Crippen molar-refractivity contribution in [3.05, 3.63) is 35.4 Å². The highest BCUT2D eigenvalue weighted by molar-refractivity contribution is 5.18. The molecule has 0 heterocycles. The Morgan fingerprint density at radius 3 is 2.67 bits per heavy atom. The zero-order valence-electron chi connectivity index (χ0n) is 11.3. The maximum Gasteiger partial charge on any atom is 0.129 e. The van der Waals surface area contributed by atoms with Crippen molar-refractivity contribution in [1.29, 1.82) is 0 Å². The SMILES string of the molecule is CCN(C)CC(C)NCCc1ccc(F)cc1F. The molecule has 1 atom stereocenters. The Kier molecular flexibility index (Phi) is 6.22. The van der Waals surface area contributed by atoms with Crippen LogP contribution in [0.25, 0.3) is 0 Å². The molecule has 0 saturated heterocycles. The predicted octanol–water partition coefficient (Wildman–Crippen LogP) is 2.44. The van der Waals surface area contributed by atoms with E-state index in [9.17, 15) is 8.78 Å². The monoisotopic (exact) mass is 256 g/mol. The van der Waals surface area contributed by atoms with E-state index in [0.29, 0.717) is 24.6 Å². The standard InChI is InChI=1S/C14H22F2N2/c1-4-18(3)10-11(2)17-8-7-12-5-6-13(15)9-14(12)16/h5-6,9,11,17H,4,7-8,10H2,1-3H3. The number of benzene rings is 1. The van der Waals surface area contributed by atoms with Crippen molar-refractivity contribution in [2.45, 2.75) is 26.3 Å². The number of likely N-dealkylation sites (N-methyl/N-ethyl adjacent to an activating group) is 1. The summed E-state index contributed by atoms with van der Waals surface area (Å²) < 4.78 is 26.1. The van der Waals surface area contributed by atoms with Crippen LogP contribution in [0.15, 0.2) is 18.2 Å². The van der Waals surface area contributed by atoms with Crippen LogP contribution in [0.3, 0.4) is 0 Å². The van der Waals surface area contributed by atoms with E-state index in [1.807, 2.05) is 0 Å². The van der Waals surface area contributed by atoms with Gasteiger partial charge in [0.05, 0.1) is 0 Å². The highest BCUT2D eigenvalue weighted by atomic mass is 19.1. The quantitative estimate of drug-likeness (QED) is 0.806. The summed E-state index contributed by atoms with van der Waals surface area (Å²) in [6.07, 6.45) is 0.576. The van der Waals surface area contributed by atoms with E-state index in [0.717, 1.165) is 19.2 Å². The van der Waals surface area contributed by atoms with Gasteiger partial charge in [0, 0.05) is 18.7 Å². The average Bonchev–Trinajstić information content (AvgIpc) is 2.31. The van der Waals surface area contributed by atoms with Crippen LogP contribution in [0.1, 0.15) is 19.4 Å². The van der Waals surface area contributed by atoms with Crippen molar-refractivity contribution < 1.29 is 8.78 Å². The minimum atomic E-state index is -0.526. The van der Waals surface area contributed by atoms with Gasteiger partial charge in [-0.05, 0) is 45.1 Å². The second-order valence-corrected chi connectivity index (χ2v) is 4.70. The maximum absolute atomic E-state index is 13.4. The van der Waals surface area contributed by atoms with Crippen LogP contribution >= 0.6 is 0 Å². The largest absolute Gasteiger partial charge is 0.313 e. The Balaban J connectivity index is 2.33. The van der Waals surface area contributed by atoms with E-state index in [4.69, 9.17) is 0 Å². The highest BCUT2D eigenvalue weighted by Gasteiger charge is 2.06. The molecule has 2 nitrogen and oxygen atoms in total. The lowest BCUT2D eigenvalue weighted by molar-refractivity contribution is 0.311. The smallest absolute Gasteiger partial charge is 0.129 e. The van der Waals surface area contributed by atoms with Crippen molar-refractivity contribution in [3.63, 3.8) is 0 Å². The highest BCUT2D eigenvalue weighted by Crippen LogP contribution is 2.09. The Morgan fingerprint density at radius 2 is 2.06 bits per heavy atom. The minimum absolute atomic E-state index is 0.360. The number of hydrogen-bond acceptors (Lipinski definition) is 2. The van der Waals surface area contributed by atoms with Gasteiger partial charge in [-0.25, -0.2) is 8.78 Å². The molecule has 0 spiro atoms. The van der Waals surface area contributed by atoms with Crippen molar-refractivity contribution >= 4 is 0 Å². The molecule has 1 N–H and O–H groups in total. The molecule has 0 aromatic heterocycles. The number of nitrogens with one attached hydrogen (secondary N) is 1. The molecule has 4 heteroatoms. The third kappa shape index (κ3) is 5.10. The van der Waals surface area contributed by atoms with Crippen molar-refractivity contribution in [3.8, 4) is 0 Å². The lowest BCUT2D eigenvalue weighted by atomic mass is 10.1. The second kappa shape index (κ2) is 7.44. The summed E-state index contributed by atoms with van der Waals surface area (Å²) in [7, 11) is 2.07. The normalized spacial score (nSPS) is 13.0. The van der Waals surface area contributed by atoms with Gasteiger partial charge < -0.3 is 10.2 Å². The first-order chi connectivity index (χ1) is 8.52. The van der Waals surface area contributed by atoms with Crippen LogP contribution in [0, 0.1) is 11.6 Å². The molecule has 0 saturated carbocycles. The fourth-order valence-corrected chi connectivity index (χ4v) is 1.84. The fraction of sp³-hybridized carbons (Fsp3) is 0.571. The number of nitrogens with zero attached hydrogens (tertiary/aromatic N) is 1. The van der Waals surface area contributed by atoms with Gasteiger partial charge in [-0.15, -0.1) is 0 Å². The third-order valence-electron chi connectivity index (χ3n) is 3.03. The van der Waals surface area contributed by atoms with Crippen LogP contribution in [0.5, 0.6) is 0 Å². The summed E-state index contributed by atoms with van der Waals surface area (Å²) in [6.45, 7) is 6.88. The Morgan fingerprint density at radius 1 is 1.33 bits per heavy atom. The van der Waals surface area contributed by atoms with E-state index in [1.54, 1.807) is 0 Å². The topological polar surface area (TPSA) is 15.3 Å². The fourth-order valence-electron chi connectivity index (χ4n) is 1.84. The molecule has 0 aliphatic carbocycles. The molecule has 0 radical (unpaired) electrons. The van der Waals surface area contributed by atoms with E-state index in [1.165, 1.54) is 12.1 Å². The van der Waals surface area contributed by atoms with Crippen LogP contribution in [0.4, 0.5) is 8.78 Å². The van der Waals surface area contributed by atoms with Gasteiger partial charge in [-0.3, -0.25) is 0 Å². The van der Waals surface area contributed by atoms with Gasteiger partial charge in [0.2, 0.25) is 0 Å². The molecule has 1 aromatic rings. The van der Waals surface area contributed by atoms with Gasteiger partial charge in [-0.2, -0.15) is 0 Å². The number of rotatable bonds is 7. The Bertz CT molecular complexity index is 369. The first kappa shape index (κ1) is 15.1. The second-order valence-electron chi connectivity index (χ2n) is 4.70. The van der Waals surface area contributed by atoms with Crippen molar-refractivity contribution in [2.75, 3.05) is 26.7 Å². The summed E-state index contributed by atoms with van der Waals surface area (Å²) in [5, 5.41) is 3.34. The summed E-state index contributed by atoms with van der Waals surface area (Å²) in [5.41, 5.74) is 0.556. The molecule has 1 unspecified atom stereocenters. The zero-order valence-corrected chi connectivity index (χ0v) is 11.3. The molecule has 0 bridgehead atoms. The molecule has 18 heavy (non-hydrogen) atoms. The Hall–Kier alpha value is -1.00. The first-order valence-corrected chi connectivity index (χ1v) is 6.38. The maximum atomic E-state index is 13.4. The van der Waals surface area contributed by atoms with E-state index < -0.39 is 11.6 Å². The average molecular weight is 256 g/mol. The van der Waals surface area contributed by atoms with E-state index >= 15 is 0 Å². The van der Waals surface area contributed by atoms with Crippen LogP contribution in [-0.4, -0.2) is 37.6 Å². The summed E-state index contributed by atoms with van der Waals surface area (Å²) in [6, 6.07) is 4.10. The molecular formula is C14H22F2N2. The van der Waals surface area contributed by atoms with Gasteiger partial charge >= 0.3 is 0 Å². The molecule has 0 aliphatic rings. The summed E-state index contributed by atoms with van der Waals surface area (Å²) in [5.74, 6) is -0.989. The zero-order chi connectivity index (χ0) is 13.5. The third-order valence-corrected chi connectivity index (χ3v) is 3.03. The molecule has 0 aliphatic heterocycles. The number of hydrogen-bond donors (Lipinski definition) is 1. The minimum Gasteiger partial charge on any atom is -0.313 e. The first-order valence-electron chi connectivity index (χ1n) is 6.38. The van der Waals surface area contributed by atoms with Crippen molar-refractivity contribution in [1.82, 2.24) is 10.2 Å². The van der Waals surface area contributed by atoms with Crippen LogP contribution < -0.4 is 5.32 Å². The van der Waals surface area contributed by atoms with E-state index in [-0.39, 0.29) is 0 Å². The van der Waals surface area contributed by atoms with E-state index in [2.05, 4.69) is 31.1 Å². The van der Waals surface area contributed by atoms with Crippen LogP contribution in [-0.2, 0) is 6.42 Å². The molecule has 1 rings (SSSR count). The summed E-state index contributed by atoms with van der Waals surface area (Å²) in [4.78, 5) is 2.22.